The van der Waals surface area contributed by atoms with E-state index in [4.69, 9.17) is 4.74 Å². The maximum atomic E-state index is 4.93. The summed E-state index contributed by atoms with van der Waals surface area (Å²) in [4.78, 5) is 8.29. The fourth-order valence-electron chi connectivity index (χ4n) is 1.31. The second-order valence-electron chi connectivity index (χ2n) is 2.76. The molecule has 2 heterocycles. The Bertz CT molecular complexity index is 288. The monoisotopic (exact) mass is 165 g/mol. The summed E-state index contributed by atoms with van der Waals surface area (Å²) in [6.07, 6.45) is 2.86. The van der Waals surface area contributed by atoms with Gasteiger partial charge in [-0.05, 0) is 18.5 Å². The summed E-state index contributed by atoms with van der Waals surface area (Å²) in [6.45, 7) is 1.84. The highest BCUT2D eigenvalue weighted by Gasteiger charge is 2.10. The van der Waals surface area contributed by atoms with E-state index in [2.05, 4.69) is 15.3 Å². The van der Waals surface area contributed by atoms with Gasteiger partial charge < -0.3 is 10.1 Å². The van der Waals surface area contributed by atoms with Crippen molar-refractivity contribution in [2.24, 2.45) is 0 Å². The summed E-state index contributed by atoms with van der Waals surface area (Å²) in [6, 6.07) is 0.456. The van der Waals surface area contributed by atoms with Gasteiger partial charge in [-0.3, -0.25) is 0 Å². The van der Waals surface area contributed by atoms with E-state index in [0.717, 1.165) is 25.2 Å². The van der Waals surface area contributed by atoms with E-state index in [-0.39, 0.29) is 0 Å². The number of fused-ring (bicyclic) bond motifs is 1. The van der Waals surface area contributed by atoms with Crippen LogP contribution in [0.2, 0.25) is 0 Å². The standard InChI is InChI=1S/C8H11N3O/c1-12-8-10-4-6-2-3-9-5-7(6)11-8/h4,9H,2-3,5H2,1H3. The molecule has 64 valence electrons. The Morgan fingerprint density at radius 3 is 3.33 bits per heavy atom. The maximum Gasteiger partial charge on any atom is 0.316 e. The van der Waals surface area contributed by atoms with Crippen LogP contribution in [0.25, 0.3) is 0 Å². The van der Waals surface area contributed by atoms with Crippen LogP contribution in [-0.2, 0) is 13.0 Å². The SMILES string of the molecule is COc1ncc2c(n1)CNCC2. The van der Waals surface area contributed by atoms with Gasteiger partial charge >= 0.3 is 6.01 Å². The van der Waals surface area contributed by atoms with Crippen molar-refractivity contribution in [2.45, 2.75) is 13.0 Å². The molecule has 0 aliphatic carbocycles. The average molecular weight is 165 g/mol. The number of aromatic nitrogens is 2. The van der Waals surface area contributed by atoms with Gasteiger partial charge in [0, 0.05) is 12.7 Å². The number of methoxy groups -OCH3 is 1. The molecule has 0 aromatic carbocycles. The highest BCUT2D eigenvalue weighted by atomic mass is 16.5. The van der Waals surface area contributed by atoms with Gasteiger partial charge in [-0.15, -0.1) is 0 Å². The summed E-state index contributed by atoms with van der Waals surface area (Å²) in [5.74, 6) is 0. The normalized spacial score (nSPS) is 15.4. The van der Waals surface area contributed by atoms with Gasteiger partial charge in [0.2, 0.25) is 0 Å². The van der Waals surface area contributed by atoms with Crippen molar-refractivity contribution in [3.8, 4) is 6.01 Å². The Balaban J connectivity index is 2.36. The van der Waals surface area contributed by atoms with Gasteiger partial charge in [-0.1, -0.05) is 0 Å². The first-order valence-electron chi connectivity index (χ1n) is 3.99. The van der Waals surface area contributed by atoms with Crippen molar-refractivity contribution in [2.75, 3.05) is 13.7 Å². The van der Waals surface area contributed by atoms with Crippen LogP contribution in [-0.4, -0.2) is 23.6 Å². The van der Waals surface area contributed by atoms with E-state index in [9.17, 15) is 0 Å². The molecular formula is C8H11N3O. The minimum absolute atomic E-state index is 0.456. The molecule has 1 aromatic rings. The third-order valence-corrected chi connectivity index (χ3v) is 1.98. The molecule has 4 heteroatoms. The molecule has 0 bridgehead atoms. The zero-order valence-corrected chi connectivity index (χ0v) is 7.00. The lowest BCUT2D eigenvalue weighted by Gasteiger charge is -2.15. The lowest BCUT2D eigenvalue weighted by molar-refractivity contribution is 0.375. The zero-order chi connectivity index (χ0) is 8.39. The predicted molar refractivity (Wildman–Crippen MR) is 44.0 cm³/mol. The molecule has 1 aliphatic rings. The van der Waals surface area contributed by atoms with E-state index >= 15 is 0 Å². The minimum Gasteiger partial charge on any atom is -0.467 e. The molecule has 0 fully saturated rings. The summed E-state index contributed by atoms with van der Waals surface area (Å²) in [7, 11) is 1.58. The van der Waals surface area contributed by atoms with Crippen LogP contribution in [0.3, 0.4) is 0 Å². The summed E-state index contributed by atoms with van der Waals surface area (Å²) >= 11 is 0. The Kier molecular flexibility index (Phi) is 1.91. The number of nitrogens with zero attached hydrogens (tertiary/aromatic N) is 2. The fraction of sp³-hybridized carbons (Fsp3) is 0.500. The van der Waals surface area contributed by atoms with E-state index in [1.54, 1.807) is 7.11 Å². The highest BCUT2D eigenvalue weighted by molar-refractivity contribution is 5.21. The average Bonchev–Trinajstić information content (AvgIpc) is 2.17. The first-order valence-corrected chi connectivity index (χ1v) is 3.99. The lowest BCUT2D eigenvalue weighted by Crippen LogP contribution is -2.25. The Morgan fingerprint density at radius 1 is 1.58 bits per heavy atom. The Morgan fingerprint density at radius 2 is 2.50 bits per heavy atom. The van der Waals surface area contributed by atoms with E-state index < -0.39 is 0 Å². The summed E-state index contributed by atoms with van der Waals surface area (Å²) in [5.41, 5.74) is 2.29. The van der Waals surface area contributed by atoms with Crippen LogP contribution in [0.5, 0.6) is 6.01 Å². The lowest BCUT2D eigenvalue weighted by atomic mass is 10.1. The summed E-state index contributed by atoms with van der Waals surface area (Å²) in [5, 5.41) is 3.25. The summed E-state index contributed by atoms with van der Waals surface area (Å²) < 4.78 is 4.93. The van der Waals surface area contributed by atoms with Crippen LogP contribution >= 0.6 is 0 Å². The number of ether oxygens (including phenoxy) is 1. The minimum atomic E-state index is 0.456. The molecule has 0 atom stereocenters. The molecule has 1 aliphatic heterocycles. The van der Waals surface area contributed by atoms with E-state index in [0.29, 0.717) is 6.01 Å². The molecule has 2 rings (SSSR count). The van der Waals surface area contributed by atoms with Gasteiger partial charge in [-0.25, -0.2) is 4.98 Å². The van der Waals surface area contributed by atoms with Crippen molar-refractivity contribution in [1.29, 1.82) is 0 Å². The number of hydrogen-bond donors (Lipinski definition) is 1. The van der Waals surface area contributed by atoms with Crippen LogP contribution in [0.4, 0.5) is 0 Å². The Hall–Kier alpha value is -1.16. The molecule has 0 unspecified atom stereocenters. The second kappa shape index (κ2) is 3.06. The predicted octanol–water partition coefficient (Wildman–Crippen LogP) is 0.131. The highest BCUT2D eigenvalue weighted by Crippen LogP contribution is 2.12. The van der Waals surface area contributed by atoms with Crippen molar-refractivity contribution in [3.05, 3.63) is 17.5 Å². The molecule has 1 aromatic heterocycles. The molecule has 1 N–H and O–H groups in total. The third kappa shape index (κ3) is 1.25. The Labute approximate surface area is 71.0 Å². The van der Waals surface area contributed by atoms with Gasteiger partial charge in [-0.2, -0.15) is 4.98 Å². The topological polar surface area (TPSA) is 47.0 Å². The first kappa shape index (κ1) is 7.49. The van der Waals surface area contributed by atoms with Gasteiger partial charge in [0.05, 0.1) is 12.8 Å². The van der Waals surface area contributed by atoms with Crippen molar-refractivity contribution in [1.82, 2.24) is 15.3 Å². The molecular weight excluding hydrogens is 154 g/mol. The largest absolute Gasteiger partial charge is 0.467 e. The van der Waals surface area contributed by atoms with Crippen molar-refractivity contribution < 1.29 is 4.74 Å². The van der Waals surface area contributed by atoms with Crippen molar-refractivity contribution in [3.63, 3.8) is 0 Å². The molecule has 0 amide bonds. The first-order chi connectivity index (χ1) is 5.90. The molecule has 12 heavy (non-hydrogen) atoms. The molecule has 0 saturated carbocycles. The van der Waals surface area contributed by atoms with Crippen LogP contribution in [0.1, 0.15) is 11.3 Å². The number of rotatable bonds is 1. The molecule has 0 saturated heterocycles. The van der Waals surface area contributed by atoms with Gasteiger partial charge in [0.25, 0.3) is 0 Å². The third-order valence-electron chi connectivity index (χ3n) is 1.98. The van der Waals surface area contributed by atoms with Gasteiger partial charge in [0.15, 0.2) is 0 Å². The van der Waals surface area contributed by atoms with Crippen LogP contribution in [0.15, 0.2) is 6.20 Å². The van der Waals surface area contributed by atoms with Crippen LogP contribution in [0, 0.1) is 0 Å². The quantitative estimate of drug-likeness (QED) is 0.642. The molecule has 4 nitrogen and oxygen atoms in total. The maximum absolute atomic E-state index is 4.93. The number of nitrogens with one attached hydrogen (secondary N) is 1. The van der Waals surface area contributed by atoms with Crippen LogP contribution < -0.4 is 10.1 Å². The number of hydrogen-bond acceptors (Lipinski definition) is 4. The van der Waals surface area contributed by atoms with Gasteiger partial charge in [0.1, 0.15) is 0 Å². The van der Waals surface area contributed by atoms with Crippen molar-refractivity contribution >= 4 is 0 Å². The molecule has 0 spiro atoms. The zero-order valence-electron chi connectivity index (χ0n) is 7.00. The fourth-order valence-corrected chi connectivity index (χ4v) is 1.31. The van der Waals surface area contributed by atoms with E-state index in [1.165, 1.54) is 5.56 Å². The second-order valence-corrected chi connectivity index (χ2v) is 2.76. The molecule has 0 radical (unpaired) electrons. The van der Waals surface area contributed by atoms with E-state index in [1.807, 2.05) is 6.20 Å². The smallest absolute Gasteiger partial charge is 0.316 e.